The van der Waals surface area contributed by atoms with Gasteiger partial charge < -0.3 is 10.6 Å². The van der Waals surface area contributed by atoms with Crippen molar-refractivity contribution in [3.05, 3.63) is 64.0 Å². The van der Waals surface area contributed by atoms with E-state index in [9.17, 15) is 23.3 Å². The van der Waals surface area contributed by atoms with E-state index in [4.69, 9.17) is 12.2 Å². The molecule has 0 aliphatic rings. The lowest BCUT2D eigenvalue weighted by Gasteiger charge is -2.11. The fraction of sp³-hybridized carbons (Fsp3) is 0. The van der Waals surface area contributed by atoms with Crippen LogP contribution in [0.2, 0.25) is 0 Å². The Labute approximate surface area is 127 Å². The third kappa shape index (κ3) is 3.70. The molecule has 0 radical (unpaired) electrons. The molecule has 0 saturated heterocycles. The smallest absolute Gasteiger partial charge is 0.269 e. The molecule has 0 unspecified atom stereocenters. The van der Waals surface area contributed by atoms with E-state index in [0.29, 0.717) is 5.69 Å². The lowest BCUT2D eigenvalue weighted by molar-refractivity contribution is -0.384. The predicted molar refractivity (Wildman–Crippen MR) is 79.3 cm³/mol. The number of thiocarbonyl (C=S) groups is 1. The highest BCUT2D eigenvalue weighted by Gasteiger charge is 2.11. The van der Waals surface area contributed by atoms with Gasteiger partial charge in [0.15, 0.2) is 22.6 Å². The zero-order valence-corrected chi connectivity index (χ0v) is 11.6. The maximum atomic E-state index is 13.1. The Morgan fingerprint density at radius 1 is 1.00 bits per heavy atom. The van der Waals surface area contributed by atoms with E-state index in [1.54, 1.807) is 0 Å². The normalized spacial score (nSPS) is 10.1. The van der Waals surface area contributed by atoms with Gasteiger partial charge in [-0.2, -0.15) is 0 Å². The Balaban J connectivity index is 2.05. The number of rotatable bonds is 3. The average Bonchev–Trinajstić information content (AvgIpc) is 2.45. The molecule has 0 heterocycles. The number of nitro groups is 1. The van der Waals surface area contributed by atoms with Gasteiger partial charge >= 0.3 is 0 Å². The Hall–Kier alpha value is -2.68. The van der Waals surface area contributed by atoms with Crippen LogP contribution in [0.5, 0.6) is 0 Å². The molecule has 114 valence electrons. The Kier molecular flexibility index (Phi) is 4.56. The molecule has 0 fully saturated rings. The van der Waals surface area contributed by atoms with Crippen LogP contribution in [0.25, 0.3) is 0 Å². The molecule has 0 saturated carbocycles. The molecule has 22 heavy (non-hydrogen) atoms. The fourth-order valence-electron chi connectivity index (χ4n) is 1.59. The molecular weight excluding hydrogens is 319 g/mol. The monoisotopic (exact) mass is 327 g/mol. The summed E-state index contributed by atoms with van der Waals surface area (Å²) >= 11 is 4.93. The Bertz CT molecular complexity index is 715. The minimum absolute atomic E-state index is 0.0146. The molecule has 0 aliphatic heterocycles. The van der Waals surface area contributed by atoms with Crippen molar-refractivity contribution >= 4 is 34.4 Å². The summed E-state index contributed by atoms with van der Waals surface area (Å²) < 4.78 is 38.9. The van der Waals surface area contributed by atoms with Crippen LogP contribution in [0.1, 0.15) is 0 Å². The van der Waals surface area contributed by atoms with E-state index in [-0.39, 0.29) is 16.5 Å². The van der Waals surface area contributed by atoms with E-state index in [2.05, 4.69) is 10.6 Å². The van der Waals surface area contributed by atoms with Crippen LogP contribution < -0.4 is 10.6 Å². The molecule has 0 aromatic heterocycles. The number of nitrogens with zero attached hydrogens (tertiary/aromatic N) is 1. The highest BCUT2D eigenvalue weighted by molar-refractivity contribution is 7.80. The second-order valence-corrected chi connectivity index (χ2v) is 4.55. The maximum Gasteiger partial charge on any atom is 0.269 e. The third-order valence-electron chi connectivity index (χ3n) is 2.58. The van der Waals surface area contributed by atoms with Gasteiger partial charge in [-0.3, -0.25) is 10.1 Å². The highest BCUT2D eigenvalue weighted by atomic mass is 32.1. The number of hydrogen-bond acceptors (Lipinski definition) is 3. The van der Waals surface area contributed by atoms with Gasteiger partial charge in [0.1, 0.15) is 0 Å². The minimum Gasteiger partial charge on any atom is -0.332 e. The van der Waals surface area contributed by atoms with Gasteiger partial charge in [-0.1, -0.05) is 0 Å². The molecule has 2 aromatic rings. The maximum absolute atomic E-state index is 13.1. The number of benzene rings is 2. The standard InChI is InChI=1S/C13H8F3N3O2S/c14-10-5-8(6-11(15)12(10)16)18-13(22)17-7-1-3-9(4-2-7)19(20)21/h1-6H,(H2,17,18,22). The molecule has 0 bridgehead atoms. The summed E-state index contributed by atoms with van der Waals surface area (Å²) in [6, 6.07) is 6.87. The molecule has 9 heteroatoms. The van der Waals surface area contributed by atoms with Gasteiger partial charge in [0.25, 0.3) is 5.69 Å². The van der Waals surface area contributed by atoms with E-state index in [0.717, 1.165) is 12.1 Å². The van der Waals surface area contributed by atoms with Crippen molar-refractivity contribution in [2.24, 2.45) is 0 Å². The van der Waals surface area contributed by atoms with Crippen LogP contribution in [-0.4, -0.2) is 10.0 Å². The van der Waals surface area contributed by atoms with Crippen LogP contribution in [0, 0.1) is 27.6 Å². The molecule has 0 amide bonds. The first-order valence-corrected chi connectivity index (χ1v) is 6.24. The second-order valence-electron chi connectivity index (χ2n) is 4.14. The SMILES string of the molecule is O=[N+]([O-])c1ccc(NC(=S)Nc2cc(F)c(F)c(F)c2)cc1. The van der Waals surface area contributed by atoms with E-state index in [1.807, 2.05) is 0 Å². The van der Waals surface area contributed by atoms with E-state index < -0.39 is 22.4 Å². The number of halogens is 3. The summed E-state index contributed by atoms with van der Waals surface area (Å²) in [5.74, 6) is -4.26. The lowest BCUT2D eigenvalue weighted by Crippen LogP contribution is -2.19. The van der Waals surface area contributed by atoms with Crippen molar-refractivity contribution in [3.8, 4) is 0 Å². The predicted octanol–water partition coefficient (Wildman–Crippen LogP) is 3.82. The molecule has 0 atom stereocenters. The first kappa shape index (κ1) is 15.7. The number of hydrogen-bond donors (Lipinski definition) is 2. The summed E-state index contributed by atoms with van der Waals surface area (Å²) in [4.78, 5) is 9.96. The highest BCUT2D eigenvalue weighted by Crippen LogP contribution is 2.19. The van der Waals surface area contributed by atoms with Gasteiger partial charge in [-0.25, -0.2) is 13.2 Å². The van der Waals surface area contributed by atoms with Crippen molar-refractivity contribution in [1.29, 1.82) is 0 Å². The largest absolute Gasteiger partial charge is 0.332 e. The van der Waals surface area contributed by atoms with Crippen molar-refractivity contribution in [1.82, 2.24) is 0 Å². The zero-order chi connectivity index (χ0) is 16.3. The number of anilines is 2. The fourth-order valence-corrected chi connectivity index (χ4v) is 1.82. The first-order valence-electron chi connectivity index (χ1n) is 5.84. The average molecular weight is 327 g/mol. The molecule has 2 aromatic carbocycles. The Morgan fingerprint density at radius 2 is 1.50 bits per heavy atom. The molecule has 5 nitrogen and oxygen atoms in total. The second kappa shape index (κ2) is 6.39. The van der Waals surface area contributed by atoms with Crippen LogP contribution in [0.3, 0.4) is 0 Å². The van der Waals surface area contributed by atoms with Crippen LogP contribution in [0.15, 0.2) is 36.4 Å². The number of nitro benzene ring substituents is 1. The van der Waals surface area contributed by atoms with Crippen LogP contribution >= 0.6 is 12.2 Å². The Morgan fingerprint density at radius 3 is 2.00 bits per heavy atom. The summed E-state index contributed by atoms with van der Waals surface area (Å²) in [7, 11) is 0. The third-order valence-corrected chi connectivity index (χ3v) is 2.78. The van der Waals surface area contributed by atoms with Gasteiger partial charge in [0.05, 0.1) is 4.92 Å². The molecule has 2 rings (SSSR count). The van der Waals surface area contributed by atoms with E-state index in [1.165, 1.54) is 24.3 Å². The van der Waals surface area contributed by atoms with Gasteiger partial charge in [0.2, 0.25) is 0 Å². The van der Waals surface area contributed by atoms with Crippen molar-refractivity contribution < 1.29 is 18.1 Å². The summed E-state index contributed by atoms with van der Waals surface area (Å²) in [6.07, 6.45) is 0. The summed E-state index contributed by atoms with van der Waals surface area (Å²) in [5.41, 5.74) is 0.272. The quantitative estimate of drug-likeness (QED) is 0.388. The topological polar surface area (TPSA) is 67.2 Å². The van der Waals surface area contributed by atoms with Crippen molar-refractivity contribution in [2.45, 2.75) is 0 Å². The van der Waals surface area contributed by atoms with Gasteiger partial charge in [0, 0.05) is 35.6 Å². The minimum atomic E-state index is -1.57. The number of non-ortho nitro benzene ring substituents is 1. The first-order chi connectivity index (χ1) is 10.4. The molecule has 0 aliphatic carbocycles. The number of nitrogens with one attached hydrogen (secondary N) is 2. The van der Waals surface area contributed by atoms with Crippen LogP contribution in [0.4, 0.5) is 30.2 Å². The van der Waals surface area contributed by atoms with Gasteiger partial charge in [-0.15, -0.1) is 0 Å². The summed E-state index contributed by atoms with van der Waals surface area (Å²) in [6.45, 7) is 0. The van der Waals surface area contributed by atoms with Gasteiger partial charge in [-0.05, 0) is 24.4 Å². The van der Waals surface area contributed by atoms with E-state index >= 15 is 0 Å². The zero-order valence-electron chi connectivity index (χ0n) is 10.8. The molecular formula is C13H8F3N3O2S. The summed E-state index contributed by atoms with van der Waals surface area (Å²) in [5, 5.41) is 15.6. The molecule has 0 spiro atoms. The van der Waals surface area contributed by atoms with Crippen molar-refractivity contribution in [3.63, 3.8) is 0 Å². The molecule has 2 N–H and O–H groups in total. The van der Waals surface area contributed by atoms with Crippen molar-refractivity contribution in [2.75, 3.05) is 10.6 Å². The lowest BCUT2D eigenvalue weighted by atomic mass is 10.3. The van der Waals surface area contributed by atoms with Crippen LogP contribution in [-0.2, 0) is 0 Å².